The van der Waals surface area contributed by atoms with Gasteiger partial charge in [0.15, 0.2) is 0 Å². The van der Waals surface area contributed by atoms with Crippen molar-refractivity contribution in [2.75, 3.05) is 39.5 Å². The maximum atomic E-state index is 13.2. The summed E-state index contributed by atoms with van der Waals surface area (Å²) in [4.78, 5) is 34.1. The molecule has 0 bridgehead atoms. The van der Waals surface area contributed by atoms with Crippen LogP contribution >= 0.6 is 24.0 Å². The first-order valence-electron chi connectivity index (χ1n) is 8.91. The van der Waals surface area contributed by atoms with Gasteiger partial charge in [-0.1, -0.05) is 30.0 Å². The van der Waals surface area contributed by atoms with Gasteiger partial charge in [-0.25, -0.2) is 4.98 Å². The molecule has 7 nitrogen and oxygen atoms in total. The van der Waals surface area contributed by atoms with E-state index in [-0.39, 0.29) is 11.5 Å². The van der Waals surface area contributed by atoms with Gasteiger partial charge in [0.1, 0.15) is 15.8 Å². The minimum absolute atomic E-state index is 0.206. The summed E-state index contributed by atoms with van der Waals surface area (Å²) in [6.45, 7) is 3.51. The number of rotatable bonds is 6. The lowest BCUT2D eigenvalue weighted by Gasteiger charge is -2.13. The molecule has 1 fully saturated rings. The summed E-state index contributed by atoms with van der Waals surface area (Å²) in [6.07, 6.45) is 4.25. The van der Waals surface area contributed by atoms with E-state index in [9.17, 15) is 9.59 Å². The van der Waals surface area contributed by atoms with Crippen molar-refractivity contribution in [3.8, 4) is 0 Å². The number of thiocarbonyl (C=S) groups is 1. The monoisotopic (exact) mass is 417 g/mol. The van der Waals surface area contributed by atoms with Crippen molar-refractivity contribution in [2.24, 2.45) is 0 Å². The fourth-order valence-corrected chi connectivity index (χ4v) is 3.96. The molecule has 0 aromatic carbocycles. The van der Waals surface area contributed by atoms with Gasteiger partial charge in [-0.2, -0.15) is 0 Å². The van der Waals surface area contributed by atoms with Crippen LogP contribution in [0.4, 0.5) is 5.82 Å². The van der Waals surface area contributed by atoms with E-state index in [4.69, 9.17) is 12.2 Å². The molecule has 0 saturated carbocycles. The Bertz CT molecular complexity index is 1030. The lowest BCUT2D eigenvalue weighted by atomic mass is 10.2. The van der Waals surface area contributed by atoms with Gasteiger partial charge in [-0.05, 0) is 51.7 Å². The van der Waals surface area contributed by atoms with Crippen molar-refractivity contribution in [3.05, 3.63) is 44.7 Å². The average Bonchev–Trinajstić information content (AvgIpc) is 2.89. The van der Waals surface area contributed by atoms with Crippen molar-refractivity contribution in [1.29, 1.82) is 0 Å². The lowest BCUT2D eigenvalue weighted by Crippen LogP contribution is -2.24. The van der Waals surface area contributed by atoms with Crippen molar-refractivity contribution < 1.29 is 4.79 Å². The van der Waals surface area contributed by atoms with Crippen LogP contribution in [0.15, 0.2) is 28.0 Å². The van der Waals surface area contributed by atoms with Crippen LogP contribution in [0.25, 0.3) is 11.7 Å². The van der Waals surface area contributed by atoms with E-state index in [0.29, 0.717) is 32.8 Å². The number of amides is 1. The first kappa shape index (κ1) is 20.5. The van der Waals surface area contributed by atoms with E-state index in [0.717, 1.165) is 18.5 Å². The summed E-state index contributed by atoms with van der Waals surface area (Å²) in [6, 6.07) is 3.73. The molecule has 0 atom stereocenters. The summed E-state index contributed by atoms with van der Waals surface area (Å²) in [5, 5.41) is 3.26. The third kappa shape index (κ3) is 4.26. The quantitative estimate of drug-likeness (QED) is 0.439. The number of likely N-dealkylation sites (N-methyl/N-ethyl adjacent to an activating group) is 1. The van der Waals surface area contributed by atoms with E-state index in [1.165, 1.54) is 21.1 Å². The Morgan fingerprint density at radius 2 is 2.07 bits per heavy atom. The number of pyridine rings is 1. The highest BCUT2D eigenvalue weighted by Gasteiger charge is 2.29. The van der Waals surface area contributed by atoms with Crippen LogP contribution in [0.2, 0.25) is 0 Å². The largest absolute Gasteiger partial charge is 0.369 e. The second kappa shape index (κ2) is 8.42. The first-order valence-corrected chi connectivity index (χ1v) is 10.1. The molecule has 148 valence electrons. The highest BCUT2D eigenvalue weighted by molar-refractivity contribution is 8.26. The molecular formula is C19H23N5O2S2. The number of fused-ring (bicyclic) bond motifs is 1. The summed E-state index contributed by atoms with van der Waals surface area (Å²) in [5.41, 5.74) is 1.66. The molecule has 9 heteroatoms. The van der Waals surface area contributed by atoms with E-state index < -0.39 is 0 Å². The second-order valence-corrected chi connectivity index (χ2v) is 8.61. The molecule has 1 aliphatic rings. The molecule has 0 unspecified atom stereocenters. The molecule has 28 heavy (non-hydrogen) atoms. The van der Waals surface area contributed by atoms with Gasteiger partial charge in [0.2, 0.25) is 0 Å². The maximum Gasteiger partial charge on any atom is 0.267 e. The molecule has 2 aromatic heterocycles. The smallest absolute Gasteiger partial charge is 0.267 e. The van der Waals surface area contributed by atoms with E-state index in [1.807, 2.05) is 33.2 Å². The van der Waals surface area contributed by atoms with E-state index in [1.54, 1.807) is 19.3 Å². The molecule has 1 amide bonds. The topological polar surface area (TPSA) is 70.0 Å². The first-order chi connectivity index (χ1) is 13.3. The molecule has 0 aliphatic carbocycles. The minimum atomic E-state index is -0.217. The van der Waals surface area contributed by atoms with Crippen LogP contribution in [0.5, 0.6) is 0 Å². The predicted octanol–water partition coefficient (Wildman–Crippen LogP) is 2.20. The predicted molar refractivity (Wildman–Crippen MR) is 119 cm³/mol. The summed E-state index contributed by atoms with van der Waals surface area (Å²) >= 11 is 6.38. The Labute approximate surface area is 173 Å². The fraction of sp³-hybridized carbons (Fsp3) is 0.368. The zero-order valence-corrected chi connectivity index (χ0v) is 18.0. The minimum Gasteiger partial charge on any atom is -0.369 e. The Kier molecular flexibility index (Phi) is 6.17. The van der Waals surface area contributed by atoms with Gasteiger partial charge in [0.05, 0.1) is 10.5 Å². The van der Waals surface area contributed by atoms with E-state index in [2.05, 4.69) is 15.2 Å². The Morgan fingerprint density at radius 3 is 2.71 bits per heavy atom. The van der Waals surface area contributed by atoms with E-state index >= 15 is 0 Å². The number of aryl methyl sites for hydroxylation is 1. The van der Waals surface area contributed by atoms with Crippen molar-refractivity contribution in [3.63, 3.8) is 0 Å². The maximum absolute atomic E-state index is 13.2. The molecular weight excluding hydrogens is 394 g/mol. The number of carbonyl (C=O) groups is 1. The van der Waals surface area contributed by atoms with Crippen LogP contribution in [0.1, 0.15) is 17.5 Å². The molecule has 1 aliphatic heterocycles. The number of nitrogens with one attached hydrogen (secondary N) is 1. The standard InChI is InChI=1S/C19H23N5O2S2/c1-12-6-7-15-21-16(20-8-5-9-22(2)3)13(17(25)24(15)11-12)10-14-18(26)23(4)19(27)28-14/h6-7,10-11,20H,5,8-9H2,1-4H3/b14-10-. The third-order valence-electron chi connectivity index (χ3n) is 4.34. The van der Waals surface area contributed by atoms with Gasteiger partial charge in [-0.15, -0.1) is 0 Å². The molecule has 1 N–H and O–H groups in total. The molecule has 0 spiro atoms. The lowest BCUT2D eigenvalue weighted by molar-refractivity contribution is -0.121. The summed E-state index contributed by atoms with van der Waals surface area (Å²) < 4.78 is 1.99. The van der Waals surface area contributed by atoms with Crippen molar-refractivity contribution >= 4 is 51.7 Å². The highest BCUT2D eigenvalue weighted by Crippen LogP contribution is 2.31. The number of anilines is 1. The van der Waals surface area contributed by atoms with Crippen LogP contribution in [-0.2, 0) is 4.79 Å². The van der Waals surface area contributed by atoms with Gasteiger partial charge < -0.3 is 10.2 Å². The molecule has 2 aromatic rings. The number of hydrogen-bond donors (Lipinski definition) is 1. The van der Waals surface area contributed by atoms with Gasteiger partial charge >= 0.3 is 0 Å². The SMILES string of the molecule is Cc1ccc2nc(NCCCN(C)C)c(/C=C3\SC(=S)N(C)C3=O)c(=O)n2c1. The van der Waals surface area contributed by atoms with Crippen LogP contribution in [0, 0.1) is 6.92 Å². The van der Waals surface area contributed by atoms with Crippen LogP contribution < -0.4 is 10.9 Å². The zero-order chi connectivity index (χ0) is 20.4. The Hall–Kier alpha value is -2.23. The van der Waals surface area contributed by atoms with Crippen LogP contribution in [0.3, 0.4) is 0 Å². The van der Waals surface area contributed by atoms with Crippen LogP contribution in [-0.4, -0.2) is 63.6 Å². The summed E-state index contributed by atoms with van der Waals surface area (Å²) in [7, 11) is 5.66. The molecule has 3 rings (SSSR count). The third-order valence-corrected chi connectivity index (χ3v) is 5.83. The second-order valence-electron chi connectivity index (χ2n) is 6.94. The molecule has 3 heterocycles. The van der Waals surface area contributed by atoms with Crippen molar-refractivity contribution in [1.82, 2.24) is 19.2 Å². The number of carbonyl (C=O) groups excluding carboxylic acids is 1. The Morgan fingerprint density at radius 1 is 1.32 bits per heavy atom. The zero-order valence-electron chi connectivity index (χ0n) is 16.4. The summed E-state index contributed by atoms with van der Waals surface area (Å²) in [5.74, 6) is 0.274. The van der Waals surface area contributed by atoms with Crippen molar-refractivity contribution in [2.45, 2.75) is 13.3 Å². The molecule has 0 radical (unpaired) electrons. The normalized spacial score (nSPS) is 16.0. The highest BCUT2D eigenvalue weighted by atomic mass is 32.2. The van der Waals surface area contributed by atoms with Gasteiger partial charge in [0.25, 0.3) is 11.5 Å². The average molecular weight is 418 g/mol. The number of nitrogens with zero attached hydrogens (tertiary/aromatic N) is 4. The number of hydrogen-bond acceptors (Lipinski definition) is 7. The number of aromatic nitrogens is 2. The van der Waals surface area contributed by atoms with Gasteiger partial charge in [0, 0.05) is 19.8 Å². The fourth-order valence-electron chi connectivity index (χ4n) is 2.80. The molecule has 1 saturated heterocycles. The number of thioether (sulfide) groups is 1. The van der Waals surface area contributed by atoms with Gasteiger partial charge in [-0.3, -0.25) is 18.9 Å². The Balaban J connectivity index is 2.05.